The zero-order valence-corrected chi connectivity index (χ0v) is 16.5. The monoisotopic (exact) mass is 444 g/mol. The average Bonchev–Trinajstić information content (AvgIpc) is 2.66. The number of nitrogens with two attached hydrogens (primary N) is 1. The summed E-state index contributed by atoms with van der Waals surface area (Å²) in [7, 11) is 1.50. The first kappa shape index (κ1) is 19.6. The lowest BCUT2D eigenvalue weighted by atomic mass is 10.0. The molecule has 0 bridgehead atoms. The molecular formula is C20H17BrN2O5. The Bertz CT molecular complexity index is 1110. The highest BCUT2D eigenvalue weighted by Gasteiger charge is 2.21. The van der Waals surface area contributed by atoms with Crippen molar-refractivity contribution in [2.75, 3.05) is 7.11 Å². The zero-order valence-electron chi connectivity index (χ0n) is 14.9. The third-order valence-electron chi connectivity index (χ3n) is 4.20. The maximum atomic E-state index is 12.5. The number of benzene rings is 2. The van der Waals surface area contributed by atoms with Crippen molar-refractivity contribution in [3.63, 3.8) is 0 Å². The molecule has 0 saturated heterocycles. The molecule has 3 rings (SSSR count). The lowest BCUT2D eigenvalue weighted by Gasteiger charge is -2.16. The van der Waals surface area contributed by atoms with Crippen LogP contribution in [0.5, 0.6) is 5.75 Å². The van der Waals surface area contributed by atoms with Crippen molar-refractivity contribution >= 4 is 38.7 Å². The molecule has 8 heteroatoms. The molecule has 3 N–H and O–H groups in total. The van der Waals surface area contributed by atoms with Gasteiger partial charge in [-0.15, -0.1) is 0 Å². The Morgan fingerprint density at radius 1 is 1.21 bits per heavy atom. The molecule has 1 heterocycles. The van der Waals surface area contributed by atoms with Crippen LogP contribution in [0.15, 0.2) is 62.2 Å². The molecule has 0 radical (unpaired) electrons. The quantitative estimate of drug-likeness (QED) is 0.566. The first-order valence-electron chi connectivity index (χ1n) is 8.34. The maximum absolute atomic E-state index is 12.5. The van der Waals surface area contributed by atoms with E-state index in [2.05, 4.69) is 21.2 Å². The molecule has 144 valence electrons. The van der Waals surface area contributed by atoms with Crippen LogP contribution in [-0.2, 0) is 11.2 Å². The second-order valence-corrected chi connectivity index (χ2v) is 7.01. The van der Waals surface area contributed by atoms with Gasteiger partial charge in [0, 0.05) is 34.0 Å². The van der Waals surface area contributed by atoms with Crippen molar-refractivity contribution in [2.24, 2.45) is 5.73 Å². The van der Waals surface area contributed by atoms with Crippen LogP contribution < -0.4 is 21.4 Å². The highest BCUT2D eigenvalue weighted by Crippen LogP contribution is 2.23. The second kappa shape index (κ2) is 8.26. The first-order chi connectivity index (χ1) is 13.4. The van der Waals surface area contributed by atoms with E-state index in [1.165, 1.54) is 13.2 Å². The van der Waals surface area contributed by atoms with Crippen molar-refractivity contribution in [1.82, 2.24) is 5.32 Å². The maximum Gasteiger partial charge on any atom is 0.336 e. The molecule has 0 unspecified atom stereocenters. The van der Waals surface area contributed by atoms with Gasteiger partial charge in [-0.05, 0) is 35.9 Å². The molecule has 7 nitrogen and oxygen atoms in total. The molecule has 0 aliphatic rings. The fourth-order valence-corrected chi connectivity index (χ4v) is 3.22. The highest BCUT2D eigenvalue weighted by molar-refractivity contribution is 9.10. The van der Waals surface area contributed by atoms with Gasteiger partial charge in [-0.2, -0.15) is 0 Å². The predicted molar refractivity (Wildman–Crippen MR) is 107 cm³/mol. The lowest BCUT2D eigenvalue weighted by Crippen LogP contribution is -2.46. The fourth-order valence-electron chi connectivity index (χ4n) is 2.82. The number of nitrogens with one attached hydrogen (secondary N) is 1. The molecule has 1 aromatic heterocycles. The predicted octanol–water partition coefficient (Wildman–Crippen LogP) is 2.39. The summed E-state index contributed by atoms with van der Waals surface area (Å²) in [5, 5.41) is 3.25. The summed E-state index contributed by atoms with van der Waals surface area (Å²) in [6.07, 6.45) is 0.0451. The Balaban J connectivity index is 1.91. The summed E-state index contributed by atoms with van der Waals surface area (Å²) in [6.45, 7) is 0. The minimum absolute atomic E-state index is 0.0451. The summed E-state index contributed by atoms with van der Waals surface area (Å²) in [5.41, 5.74) is 6.15. The number of halogens is 1. The minimum atomic E-state index is -1.00. The topological polar surface area (TPSA) is 112 Å². The molecule has 0 saturated carbocycles. The fraction of sp³-hybridized carbons (Fsp3) is 0.150. The Morgan fingerprint density at radius 2 is 2.00 bits per heavy atom. The average molecular weight is 445 g/mol. The molecule has 1 atom stereocenters. The molecule has 2 amide bonds. The van der Waals surface area contributed by atoms with Crippen molar-refractivity contribution in [1.29, 1.82) is 0 Å². The molecule has 0 fully saturated rings. The van der Waals surface area contributed by atoms with E-state index in [0.29, 0.717) is 27.8 Å². The van der Waals surface area contributed by atoms with Gasteiger partial charge in [0.05, 0.1) is 7.11 Å². The van der Waals surface area contributed by atoms with Crippen LogP contribution in [-0.4, -0.2) is 25.0 Å². The standard InChI is InChI=1S/C20H17BrN2O5/c1-27-14-5-6-15-12(9-18(24)28-17(15)10-14)8-16(19(22)25)23-20(26)11-3-2-4-13(21)7-11/h2-7,9-10,16H,8H2,1H3,(H2,22,25)(H,23,26)/t16-/m1/s1. The van der Waals surface area contributed by atoms with Gasteiger partial charge in [-0.25, -0.2) is 4.79 Å². The van der Waals surface area contributed by atoms with Gasteiger partial charge in [-0.3, -0.25) is 9.59 Å². The van der Waals surface area contributed by atoms with Crippen LogP contribution in [0.25, 0.3) is 11.0 Å². The number of carbonyl (C=O) groups is 2. The minimum Gasteiger partial charge on any atom is -0.497 e. The van der Waals surface area contributed by atoms with E-state index in [1.54, 1.807) is 42.5 Å². The van der Waals surface area contributed by atoms with E-state index in [-0.39, 0.29) is 6.42 Å². The Hall–Kier alpha value is -3.13. The van der Waals surface area contributed by atoms with E-state index in [0.717, 1.165) is 4.47 Å². The summed E-state index contributed by atoms with van der Waals surface area (Å²) < 4.78 is 11.1. The number of hydrogen-bond donors (Lipinski definition) is 2. The van der Waals surface area contributed by atoms with E-state index in [1.807, 2.05) is 0 Å². The molecule has 0 aliphatic carbocycles. The summed E-state index contributed by atoms with van der Waals surface area (Å²) in [5.74, 6) is -0.625. The number of methoxy groups -OCH3 is 1. The van der Waals surface area contributed by atoms with Crippen LogP contribution in [0, 0.1) is 0 Å². The Kier molecular flexibility index (Phi) is 5.79. The van der Waals surface area contributed by atoms with Gasteiger partial charge < -0.3 is 20.2 Å². The van der Waals surface area contributed by atoms with Gasteiger partial charge in [0.25, 0.3) is 5.91 Å². The van der Waals surface area contributed by atoms with E-state index in [9.17, 15) is 14.4 Å². The van der Waals surface area contributed by atoms with Gasteiger partial charge in [0.2, 0.25) is 5.91 Å². The Morgan fingerprint density at radius 3 is 2.68 bits per heavy atom. The number of fused-ring (bicyclic) bond motifs is 1. The Labute approximate surface area is 168 Å². The lowest BCUT2D eigenvalue weighted by molar-refractivity contribution is -0.119. The number of amides is 2. The van der Waals surface area contributed by atoms with Gasteiger partial charge >= 0.3 is 5.63 Å². The molecular weight excluding hydrogens is 428 g/mol. The van der Waals surface area contributed by atoms with Crippen molar-refractivity contribution in [3.8, 4) is 5.75 Å². The largest absolute Gasteiger partial charge is 0.497 e. The van der Waals surface area contributed by atoms with Crippen LogP contribution in [0.4, 0.5) is 0 Å². The summed E-state index contributed by atoms with van der Waals surface area (Å²) >= 11 is 3.30. The zero-order chi connectivity index (χ0) is 20.3. The van der Waals surface area contributed by atoms with Crippen LogP contribution in [0.3, 0.4) is 0 Å². The number of rotatable bonds is 6. The second-order valence-electron chi connectivity index (χ2n) is 6.10. The molecule has 3 aromatic rings. The van der Waals surface area contributed by atoms with E-state index < -0.39 is 23.5 Å². The molecule has 0 spiro atoms. The normalized spacial score (nSPS) is 11.8. The number of ether oxygens (including phenoxy) is 1. The van der Waals surface area contributed by atoms with Gasteiger partial charge in [-0.1, -0.05) is 22.0 Å². The highest BCUT2D eigenvalue weighted by atomic mass is 79.9. The third-order valence-corrected chi connectivity index (χ3v) is 4.69. The van der Waals surface area contributed by atoms with Gasteiger partial charge in [0.15, 0.2) is 0 Å². The smallest absolute Gasteiger partial charge is 0.336 e. The number of primary amides is 1. The van der Waals surface area contributed by atoms with Crippen LogP contribution in [0.2, 0.25) is 0 Å². The summed E-state index contributed by atoms with van der Waals surface area (Å²) in [4.78, 5) is 36.3. The third kappa shape index (κ3) is 4.40. The van der Waals surface area contributed by atoms with Crippen LogP contribution >= 0.6 is 15.9 Å². The van der Waals surface area contributed by atoms with E-state index in [4.69, 9.17) is 14.9 Å². The number of carbonyl (C=O) groups excluding carboxylic acids is 2. The molecule has 2 aromatic carbocycles. The van der Waals surface area contributed by atoms with E-state index >= 15 is 0 Å². The van der Waals surface area contributed by atoms with Gasteiger partial charge in [0.1, 0.15) is 17.4 Å². The van der Waals surface area contributed by atoms with Crippen molar-refractivity contribution < 1.29 is 18.7 Å². The molecule has 0 aliphatic heterocycles. The summed E-state index contributed by atoms with van der Waals surface area (Å²) in [6, 6.07) is 12.1. The molecule has 28 heavy (non-hydrogen) atoms. The van der Waals surface area contributed by atoms with Crippen molar-refractivity contribution in [2.45, 2.75) is 12.5 Å². The number of hydrogen-bond acceptors (Lipinski definition) is 5. The SMILES string of the molecule is COc1ccc2c(C[C@@H](NC(=O)c3cccc(Br)c3)C(N)=O)cc(=O)oc2c1. The van der Waals surface area contributed by atoms with Crippen LogP contribution in [0.1, 0.15) is 15.9 Å². The first-order valence-corrected chi connectivity index (χ1v) is 9.13. The van der Waals surface area contributed by atoms with Crippen molar-refractivity contribution in [3.05, 3.63) is 74.6 Å².